The van der Waals surface area contributed by atoms with E-state index in [1.165, 1.54) is 18.3 Å². The van der Waals surface area contributed by atoms with Gasteiger partial charge in [-0.25, -0.2) is 13.8 Å². The Morgan fingerprint density at radius 1 is 0.781 bits per heavy atom. The van der Waals surface area contributed by atoms with Crippen LogP contribution in [0.15, 0.2) is 67.4 Å². The molecule has 9 heteroatoms. The highest BCUT2D eigenvalue weighted by Gasteiger charge is 2.21. The van der Waals surface area contributed by atoms with Gasteiger partial charge < -0.3 is 4.98 Å². The third kappa shape index (κ3) is 2.83. The van der Waals surface area contributed by atoms with Crippen LogP contribution in [0, 0.1) is 11.6 Å². The van der Waals surface area contributed by atoms with Gasteiger partial charge in [0.05, 0.1) is 34.3 Å². The molecule has 5 heterocycles. The van der Waals surface area contributed by atoms with E-state index in [0.717, 1.165) is 11.1 Å². The maximum atomic E-state index is 15.5. The van der Waals surface area contributed by atoms with Gasteiger partial charge in [-0.15, -0.1) is 0 Å². The van der Waals surface area contributed by atoms with E-state index in [2.05, 4.69) is 35.1 Å². The minimum absolute atomic E-state index is 0.179. The third-order valence-electron chi connectivity index (χ3n) is 5.25. The van der Waals surface area contributed by atoms with Crippen molar-refractivity contribution in [1.29, 1.82) is 0 Å². The summed E-state index contributed by atoms with van der Waals surface area (Å²) in [6.45, 7) is 0. The van der Waals surface area contributed by atoms with Crippen molar-refractivity contribution in [2.45, 2.75) is 0 Å². The number of fused-ring (bicyclic) bond motifs is 2. The second-order valence-corrected chi connectivity index (χ2v) is 7.20. The van der Waals surface area contributed by atoms with Crippen LogP contribution in [0.2, 0.25) is 0 Å². The van der Waals surface area contributed by atoms with E-state index in [-0.39, 0.29) is 16.9 Å². The molecule has 0 unspecified atom stereocenters. The van der Waals surface area contributed by atoms with Gasteiger partial charge in [0.25, 0.3) is 0 Å². The topological polar surface area (TPSA) is 96.0 Å². The van der Waals surface area contributed by atoms with Crippen LogP contribution in [-0.4, -0.2) is 35.1 Å². The monoisotopic (exact) mass is 425 g/mol. The quantitative estimate of drug-likeness (QED) is 0.420. The Kier molecular flexibility index (Phi) is 4.00. The summed E-state index contributed by atoms with van der Waals surface area (Å²) in [6, 6.07) is 9.55. The van der Waals surface area contributed by atoms with Crippen molar-refractivity contribution in [2.24, 2.45) is 0 Å². The van der Waals surface area contributed by atoms with Crippen LogP contribution in [0.5, 0.6) is 0 Å². The van der Waals surface area contributed by atoms with E-state index in [9.17, 15) is 4.39 Å². The Balaban J connectivity index is 1.54. The van der Waals surface area contributed by atoms with Crippen LogP contribution in [0.3, 0.4) is 0 Å². The zero-order chi connectivity index (χ0) is 21.7. The number of H-pyrrole nitrogens is 2. The molecule has 0 saturated heterocycles. The van der Waals surface area contributed by atoms with Crippen molar-refractivity contribution in [3.63, 3.8) is 0 Å². The highest BCUT2D eigenvalue weighted by Crippen LogP contribution is 2.34. The lowest BCUT2D eigenvalue weighted by molar-refractivity contribution is 0.628. The lowest BCUT2D eigenvalue weighted by Gasteiger charge is -2.03. The molecule has 0 atom stereocenters. The van der Waals surface area contributed by atoms with Crippen molar-refractivity contribution in [3.05, 3.63) is 79.0 Å². The number of aromatic nitrogens is 7. The molecule has 0 bridgehead atoms. The molecule has 32 heavy (non-hydrogen) atoms. The fourth-order valence-electron chi connectivity index (χ4n) is 3.74. The molecule has 0 radical (unpaired) electrons. The molecule has 0 fully saturated rings. The van der Waals surface area contributed by atoms with Crippen molar-refractivity contribution in [2.75, 3.05) is 0 Å². The van der Waals surface area contributed by atoms with Crippen LogP contribution in [0.1, 0.15) is 0 Å². The van der Waals surface area contributed by atoms with E-state index >= 15 is 4.39 Å². The highest BCUT2D eigenvalue weighted by molar-refractivity contribution is 5.97. The summed E-state index contributed by atoms with van der Waals surface area (Å²) in [4.78, 5) is 20.4. The summed E-state index contributed by atoms with van der Waals surface area (Å²) >= 11 is 0. The summed E-state index contributed by atoms with van der Waals surface area (Å²) in [5.74, 6) is -0.463. The molecule has 154 valence electrons. The average molecular weight is 425 g/mol. The average Bonchev–Trinajstić information content (AvgIpc) is 3.45. The number of rotatable bonds is 3. The second kappa shape index (κ2) is 7.02. The van der Waals surface area contributed by atoms with Gasteiger partial charge in [-0.2, -0.15) is 5.10 Å². The molecule has 0 aliphatic heterocycles. The number of nitrogens with zero attached hydrogens (tertiary/aromatic N) is 5. The minimum atomic E-state index is -0.517. The Bertz CT molecular complexity index is 1590. The number of hydrogen-bond donors (Lipinski definition) is 2. The zero-order valence-electron chi connectivity index (χ0n) is 16.3. The predicted molar refractivity (Wildman–Crippen MR) is 115 cm³/mol. The maximum absolute atomic E-state index is 15.5. The maximum Gasteiger partial charge on any atom is 0.161 e. The summed E-state index contributed by atoms with van der Waals surface area (Å²) in [5.41, 5.74) is 4.28. The molecule has 0 amide bonds. The molecule has 2 N–H and O–H groups in total. The van der Waals surface area contributed by atoms with Crippen molar-refractivity contribution >= 4 is 21.9 Å². The fourth-order valence-corrected chi connectivity index (χ4v) is 3.74. The van der Waals surface area contributed by atoms with Crippen LogP contribution in [-0.2, 0) is 0 Å². The molecule has 0 saturated carbocycles. The second-order valence-electron chi connectivity index (χ2n) is 7.20. The smallest absolute Gasteiger partial charge is 0.161 e. The van der Waals surface area contributed by atoms with Crippen molar-refractivity contribution < 1.29 is 8.78 Å². The van der Waals surface area contributed by atoms with Gasteiger partial charge >= 0.3 is 0 Å². The number of benzene rings is 1. The first-order valence-corrected chi connectivity index (χ1v) is 9.72. The van der Waals surface area contributed by atoms with Crippen molar-refractivity contribution in [3.8, 4) is 33.9 Å². The SMILES string of the molecule is Fc1ccc(-c2cncc3[nH]c(-c4n[nH]c5cnc(-c6cccnc6)c(F)c45)nc23)cc1. The molecule has 5 aromatic heterocycles. The zero-order valence-corrected chi connectivity index (χ0v) is 16.3. The van der Waals surface area contributed by atoms with Gasteiger partial charge in [-0.1, -0.05) is 12.1 Å². The van der Waals surface area contributed by atoms with E-state index in [4.69, 9.17) is 0 Å². The van der Waals surface area contributed by atoms with Crippen LogP contribution in [0.4, 0.5) is 8.78 Å². The number of halogens is 2. The Morgan fingerprint density at radius 2 is 1.66 bits per heavy atom. The summed E-state index contributed by atoms with van der Waals surface area (Å²) in [6.07, 6.45) is 8.00. The van der Waals surface area contributed by atoms with Crippen LogP contribution >= 0.6 is 0 Å². The number of hydrogen-bond acceptors (Lipinski definition) is 5. The minimum Gasteiger partial charge on any atom is -0.335 e. The fraction of sp³-hybridized carbons (Fsp3) is 0. The van der Waals surface area contributed by atoms with Crippen molar-refractivity contribution in [1.82, 2.24) is 35.1 Å². The molecule has 0 spiro atoms. The molecular weight excluding hydrogens is 412 g/mol. The molecule has 6 rings (SSSR count). The molecule has 0 aliphatic carbocycles. The lowest BCUT2D eigenvalue weighted by atomic mass is 10.1. The number of aromatic amines is 2. The Hall–Kier alpha value is -4.53. The highest BCUT2D eigenvalue weighted by atomic mass is 19.1. The molecule has 0 aliphatic rings. The van der Waals surface area contributed by atoms with Gasteiger partial charge in [0, 0.05) is 29.7 Å². The standard InChI is InChI=1S/C23H13F2N7/c24-14-5-3-12(4-6-14)15-9-27-10-17-21(15)30-23(29-17)22-18-16(31-32-22)11-28-20(19(18)25)13-2-1-7-26-8-13/h1-11H,(H,29,30)(H,31,32). The largest absolute Gasteiger partial charge is 0.335 e. The van der Waals surface area contributed by atoms with E-state index in [0.29, 0.717) is 33.6 Å². The number of nitrogens with one attached hydrogen (secondary N) is 2. The summed E-state index contributed by atoms with van der Waals surface area (Å²) < 4.78 is 28.9. The summed E-state index contributed by atoms with van der Waals surface area (Å²) in [7, 11) is 0. The molecule has 7 nitrogen and oxygen atoms in total. The van der Waals surface area contributed by atoms with Gasteiger partial charge in [-0.05, 0) is 29.8 Å². The number of imidazole rings is 1. The van der Waals surface area contributed by atoms with E-state index in [1.54, 1.807) is 49.1 Å². The van der Waals surface area contributed by atoms with Gasteiger partial charge in [0.15, 0.2) is 11.6 Å². The lowest BCUT2D eigenvalue weighted by Crippen LogP contribution is -1.92. The van der Waals surface area contributed by atoms with E-state index in [1.807, 2.05) is 0 Å². The van der Waals surface area contributed by atoms with Gasteiger partial charge in [0.2, 0.25) is 0 Å². The first-order valence-electron chi connectivity index (χ1n) is 9.72. The number of pyridine rings is 3. The molecular formula is C23H13F2N7. The van der Waals surface area contributed by atoms with Crippen LogP contribution in [0.25, 0.3) is 55.8 Å². The first-order chi connectivity index (χ1) is 15.7. The Morgan fingerprint density at radius 3 is 2.47 bits per heavy atom. The van der Waals surface area contributed by atoms with E-state index < -0.39 is 5.82 Å². The Labute approximate surface area is 179 Å². The summed E-state index contributed by atoms with van der Waals surface area (Å²) in [5, 5.41) is 7.38. The molecule has 6 aromatic rings. The molecule has 1 aromatic carbocycles. The predicted octanol–water partition coefficient (Wildman–Crippen LogP) is 4.90. The first kappa shape index (κ1) is 18.3. The van der Waals surface area contributed by atoms with Gasteiger partial charge in [-0.3, -0.25) is 20.1 Å². The van der Waals surface area contributed by atoms with Gasteiger partial charge in [0.1, 0.15) is 17.2 Å². The van der Waals surface area contributed by atoms with Crippen LogP contribution < -0.4 is 0 Å². The normalized spacial score (nSPS) is 11.4. The third-order valence-corrected chi connectivity index (χ3v) is 5.25.